The Labute approximate surface area is 170 Å². The zero-order valence-electron chi connectivity index (χ0n) is 14.9. The zero-order chi connectivity index (χ0) is 18.2. The van der Waals surface area contributed by atoms with Crippen molar-refractivity contribution in [3.8, 4) is 22.8 Å². The van der Waals surface area contributed by atoms with Gasteiger partial charge in [-0.1, -0.05) is 12.1 Å². The van der Waals surface area contributed by atoms with Crippen LogP contribution in [0.2, 0.25) is 0 Å². The van der Waals surface area contributed by atoms with Gasteiger partial charge in [-0.3, -0.25) is 14.6 Å². The third kappa shape index (κ3) is 4.35. The van der Waals surface area contributed by atoms with Crippen LogP contribution in [0.1, 0.15) is 1.43 Å². The Bertz CT molecular complexity index is 1070. The summed E-state index contributed by atoms with van der Waals surface area (Å²) in [6.45, 7) is 0. The normalized spacial score (nSPS) is 11.1. The molecule has 26 heavy (non-hydrogen) atoms. The molecule has 3 rings (SSSR count). The van der Waals surface area contributed by atoms with Gasteiger partial charge in [-0.15, -0.1) is 0 Å². The van der Waals surface area contributed by atoms with Crippen molar-refractivity contribution in [1.82, 2.24) is 4.98 Å². The Morgan fingerprint density at radius 1 is 1.19 bits per heavy atom. The fourth-order valence-corrected chi connectivity index (χ4v) is 2.90. The van der Waals surface area contributed by atoms with Crippen molar-refractivity contribution in [2.24, 2.45) is 0 Å². The second-order valence-corrected chi connectivity index (χ2v) is 6.32. The number of phosphoric ester groups is 1. The molecular weight excluding hydrogens is 375 g/mol. The summed E-state index contributed by atoms with van der Waals surface area (Å²) in [5, 5.41) is -0.0807. The molecular formula is C16H14FNNaO6P. The Balaban J connectivity index is 0.00000182. The molecule has 1 heterocycles. The van der Waals surface area contributed by atoms with Crippen LogP contribution in [0.3, 0.4) is 0 Å². The van der Waals surface area contributed by atoms with Crippen LogP contribution in [-0.4, -0.2) is 21.9 Å². The van der Waals surface area contributed by atoms with Gasteiger partial charge in [0.1, 0.15) is 5.82 Å². The van der Waals surface area contributed by atoms with Crippen LogP contribution < -0.4 is 44.2 Å². The maximum atomic E-state index is 13.4. The molecule has 0 spiro atoms. The summed E-state index contributed by atoms with van der Waals surface area (Å²) >= 11 is 0. The molecule has 3 aromatic rings. The number of methoxy groups -OCH3 is 1. The number of pyridine rings is 1. The molecule has 7 nitrogen and oxygen atoms in total. The second kappa shape index (κ2) is 7.92. The van der Waals surface area contributed by atoms with Crippen LogP contribution in [0.25, 0.3) is 22.2 Å². The van der Waals surface area contributed by atoms with Crippen molar-refractivity contribution in [2.45, 2.75) is 0 Å². The monoisotopic (exact) mass is 389 g/mol. The van der Waals surface area contributed by atoms with Crippen molar-refractivity contribution in [1.29, 1.82) is 0 Å². The minimum absolute atomic E-state index is 0. The fourth-order valence-electron chi connectivity index (χ4n) is 2.48. The van der Waals surface area contributed by atoms with E-state index < -0.39 is 19.1 Å². The number of rotatable bonds is 4. The van der Waals surface area contributed by atoms with Gasteiger partial charge in [-0.05, 0) is 24.3 Å². The Morgan fingerprint density at radius 2 is 1.92 bits per heavy atom. The standard InChI is InChI=1S/C16H13FNO6P.Na.H/c1-23-14-6-5-11-15(16(14)24-25(20,21)22)13(19)8-12(18-11)9-3-2-4-10(17)7-9;;/h2-8H,1H3,(H,18,19)(H2,20,21,22);;/q;+1;-1. The molecule has 1 aromatic heterocycles. The molecule has 0 aliphatic heterocycles. The van der Waals surface area contributed by atoms with Gasteiger partial charge in [0, 0.05) is 17.3 Å². The molecule has 0 saturated carbocycles. The second-order valence-electron chi connectivity index (χ2n) is 5.16. The van der Waals surface area contributed by atoms with Gasteiger partial charge in [0.2, 0.25) is 0 Å². The number of aromatic nitrogens is 1. The van der Waals surface area contributed by atoms with Gasteiger partial charge >= 0.3 is 37.4 Å². The molecule has 10 heteroatoms. The molecule has 132 valence electrons. The third-order valence-corrected chi connectivity index (χ3v) is 3.90. The number of ether oxygens (including phenoxy) is 1. The minimum Gasteiger partial charge on any atom is -1.00 e. The van der Waals surface area contributed by atoms with Crippen LogP contribution in [0.5, 0.6) is 11.5 Å². The van der Waals surface area contributed by atoms with Gasteiger partial charge in [0.05, 0.1) is 18.0 Å². The van der Waals surface area contributed by atoms with E-state index in [0.717, 1.165) is 0 Å². The largest absolute Gasteiger partial charge is 1.00 e. The first-order valence-electron chi connectivity index (χ1n) is 7.03. The number of halogens is 1. The molecule has 0 aliphatic rings. The number of hydrogen-bond acceptors (Lipinski definition) is 4. The SMILES string of the molecule is COc1ccc2[nH]c(-c3cccc(F)c3)cc(=O)c2c1OP(=O)(O)O.[H-].[Na+]. The van der Waals surface area contributed by atoms with E-state index in [1.165, 1.54) is 43.5 Å². The maximum absolute atomic E-state index is 13.4. The van der Waals surface area contributed by atoms with Crippen molar-refractivity contribution >= 4 is 18.7 Å². The quantitative estimate of drug-likeness (QED) is 0.426. The molecule has 0 bridgehead atoms. The molecule has 0 aliphatic carbocycles. The first kappa shape index (κ1) is 20.6. The number of aromatic amines is 1. The van der Waals surface area contributed by atoms with Crippen LogP contribution >= 0.6 is 7.82 Å². The topological polar surface area (TPSA) is 109 Å². The molecule has 0 atom stereocenters. The van der Waals surface area contributed by atoms with Crippen molar-refractivity contribution in [3.63, 3.8) is 0 Å². The average molecular weight is 389 g/mol. The van der Waals surface area contributed by atoms with Crippen LogP contribution in [0.15, 0.2) is 47.3 Å². The van der Waals surface area contributed by atoms with E-state index in [2.05, 4.69) is 9.51 Å². The average Bonchev–Trinajstić information content (AvgIpc) is 2.53. The van der Waals surface area contributed by atoms with Crippen LogP contribution in [0.4, 0.5) is 4.39 Å². The Hall–Kier alpha value is -1.67. The van der Waals surface area contributed by atoms with Gasteiger partial charge in [0.25, 0.3) is 0 Å². The summed E-state index contributed by atoms with van der Waals surface area (Å²) in [5.74, 6) is -0.820. The molecule has 0 fully saturated rings. The number of fused-ring (bicyclic) bond motifs is 1. The number of phosphoric acid groups is 1. The van der Waals surface area contributed by atoms with E-state index in [-0.39, 0.29) is 53.4 Å². The summed E-state index contributed by atoms with van der Waals surface area (Å²) in [5.41, 5.74) is 0.503. The summed E-state index contributed by atoms with van der Waals surface area (Å²) in [4.78, 5) is 33.6. The molecule has 3 N–H and O–H groups in total. The number of hydrogen-bond donors (Lipinski definition) is 3. The first-order chi connectivity index (χ1) is 11.8. The Kier molecular flexibility index (Phi) is 6.29. The molecule has 0 amide bonds. The zero-order valence-corrected chi connectivity index (χ0v) is 16.8. The number of nitrogens with one attached hydrogen (secondary N) is 1. The molecule has 0 unspecified atom stereocenters. The van der Waals surface area contributed by atoms with Gasteiger partial charge in [0.15, 0.2) is 16.9 Å². The van der Waals surface area contributed by atoms with Gasteiger partial charge in [-0.2, -0.15) is 0 Å². The van der Waals surface area contributed by atoms with E-state index in [1.807, 2.05) is 0 Å². The van der Waals surface area contributed by atoms with Crippen LogP contribution in [0, 0.1) is 5.82 Å². The van der Waals surface area contributed by atoms with Crippen molar-refractivity contribution < 1.29 is 59.0 Å². The summed E-state index contributed by atoms with van der Waals surface area (Å²) in [6.07, 6.45) is 0. The molecule has 2 aromatic carbocycles. The van der Waals surface area contributed by atoms with E-state index in [1.54, 1.807) is 6.07 Å². The minimum atomic E-state index is -4.91. The fraction of sp³-hybridized carbons (Fsp3) is 0.0625. The summed E-state index contributed by atoms with van der Waals surface area (Å²) in [6, 6.07) is 9.76. The summed E-state index contributed by atoms with van der Waals surface area (Å²) in [7, 11) is -3.63. The van der Waals surface area contributed by atoms with E-state index in [9.17, 15) is 13.8 Å². The summed E-state index contributed by atoms with van der Waals surface area (Å²) < 4.78 is 34.3. The first-order valence-corrected chi connectivity index (χ1v) is 8.56. The smallest absolute Gasteiger partial charge is 1.00 e. The van der Waals surface area contributed by atoms with E-state index in [4.69, 9.17) is 14.5 Å². The third-order valence-electron chi connectivity index (χ3n) is 3.48. The van der Waals surface area contributed by atoms with E-state index in [0.29, 0.717) is 11.3 Å². The van der Waals surface area contributed by atoms with E-state index >= 15 is 0 Å². The maximum Gasteiger partial charge on any atom is 1.00 e. The number of H-pyrrole nitrogens is 1. The Morgan fingerprint density at radius 3 is 2.54 bits per heavy atom. The van der Waals surface area contributed by atoms with Gasteiger partial charge in [-0.25, -0.2) is 8.96 Å². The van der Waals surface area contributed by atoms with Crippen molar-refractivity contribution in [2.75, 3.05) is 7.11 Å². The molecule has 0 radical (unpaired) electrons. The predicted octanol–water partition coefficient (Wildman–Crippen LogP) is -0.0692. The van der Waals surface area contributed by atoms with Crippen LogP contribution in [-0.2, 0) is 4.57 Å². The number of benzene rings is 2. The van der Waals surface area contributed by atoms with Gasteiger partial charge < -0.3 is 15.7 Å². The predicted molar refractivity (Wildman–Crippen MR) is 90.3 cm³/mol. The molecule has 0 saturated heterocycles. The van der Waals surface area contributed by atoms with Crippen molar-refractivity contribution in [3.05, 3.63) is 58.5 Å².